The number of hydrogen-bond acceptors (Lipinski definition) is 2. The molecule has 18 heavy (non-hydrogen) atoms. The van der Waals surface area contributed by atoms with E-state index in [0.717, 1.165) is 34.5 Å². The minimum absolute atomic E-state index is 0.540. The third kappa shape index (κ3) is 2.51. The Morgan fingerprint density at radius 3 is 2.44 bits per heavy atom. The molecule has 2 rings (SSSR count). The van der Waals surface area contributed by atoms with E-state index in [1.165, 1.54) is 0 Å². The van der Waals surface area contributed by atoms with Gasteiger partial charge in [0.05, 0.1) is 0 Å². The molecule has 96 valence electrons. The highest BCUT2D eigenvalue weighted by molar-refractivity contribution is 6.30. The number of anilines is 1. The van der Waals surface area contributed by atoms with Gasteiger partial charge in [-0.05, 0) is 25.0 Å². The Labute approximate surface area is 113 Å². The summed E-state index contributed by atoms with van der Waals surface area (Å²) in [6, 6.07) is 7.60. The summed E-state index contributed by atoms with van der Waals surface area (Å²) < 4.78 is 2.06. The number of benzene rings is 1. The molecule has 0 fully saturated rings. The van der Waals surface area contributed by atoms with Crippen LogP contribution >= 0.6 is 11.6 Å². The summed E-state index contributed by atoms with van der Waals surface area (Å²) in [6.07, 6.45) is 0. The summed E-state index contributed by atoms with van der Waals surface area (Å²) in [5.41, 5.74) is 8.03. The van der Waals surface area contributed by atoms with Gasteiger partial charge in [-0.2, -0.15) is 0 Å². The summed E-state index contributed by atoms with van der Waals surface area (Å²) in [7, 11) is 0. The average Bonchev–Trinajstić information content (AvgIpc) is 2.58. The Balaban J connectivity index is 2.43. The molecular weight excluding hydrogens is 246 g/mol. The van der Waals surface area contributed by atoms with Gasteiger partial charge in [0.25, 0.3) is 0 Å². The molecule has 0 saturated carbocycles. The number of halogens is 1. The van der Waals surface area contributed by atoms with Crippen molar-refractivity contribution in [2.45, 2.75) is 27.3 Å². The van der Waals surface area contributed by atoms with Crippen molar-refractivity contribution in [3.8, 4) is 11.3 Å². The smallest absolute Gasteiger partial charge is 0.131 e. The minimum atomic E-state index is 0.540. The van der Waals surface area contributed by atoms with Crippen LogP contribution in [0.2, 0.25) is 5.02 Å². The van der Waals surface area contributed by atoms with Crippen molar-refractivity contribution in [1.29, 1.82) is 0 Å². The van der Waals surface area contributed by atoms with E-state index in [2.05, 4.69) is 23.4 Å². The highest BCUT2D eigenvalue weighted by atomic mass is 35.5. The van der Waals surface area contributed by atoms with Crippen LogP contribution in [0.15, 0.2) is 24.3 Å². The minimum Gasteiger partial charge on any atom is -0.383 e. The lowest BCUT2D eigenvalue weighted by atomic mass is 10.1. The van der Waals surface area contributed by atoms with Gasteiger partial charge in [0, 0.05) is 17.1 Å². The Kier molecular flexibility index (Phi) is 3.62. The summed E-state index contributed by atoms with van der Waals surface area (Å²) >= 11 is 5.89. The Morgan fingerprint density at radius 1 is 1.28 bits per heavy atom. The molecule has 0 bridgehead atoms. The number of aryl methyl sites for hydroxylation is 1. The first-order valence-electron chi connectivity index (χ1n) is 6.07. The Morgan fingerprint density at radius 2 is 1.89 bits per heavy atom. The lowest BCUT2D eigenvalue weighted by molar-refractivity contribution is 0.518. The predicted octanol–water partition coefficient (Wildman–Crippen LogP) is 3.75. The van der Waals surface area contributed by atoms with Crippen LogP contribution in [0.5, 0.6) is 0 Å². The monoisotopic (exact) mass is 263 g/mol. The molecule has 1 heterocycles. The van der Waals surface area contributed by atoms with E-state index in [-0.39, 0.29) is 0 Å². The van der Waals surface area contributed by atoms with Crippen molar-refractivity contribution in [3.63, 3.8) is 0 Å². The summed E-state index contributed by atoms with van der Waals surface area (Å²) in [4.78, 5) is 4.56. The number of nitrogen functional groups attached to an aromatic ring is 1. The zero-order chi connectivity index (χ0) is 13.3. The average molecular weight is 264 g/mol. The van der Waals surface area contributed by atoms with Crippen LogP contribution in [0, 0.1) is 12.8 Å². The zero-order valence-electron chi connectivity index (χ0n) is 10.9. The highest BCUT2D eigenvalue weighted by Crippen LogP contribution is 2.27. The van der Waals surface area contributed by atoms with Crippen molar-refractivity contribution < 1.29 is 0 Å². The molecule has 0 atom stereocenters. The van der Waals surface area contributed by atoms with Crippen LogP contribution in [0.4, 0.5) is 5.82 Å². The zero-order valence-corrected chi connectivity index (χ0v) is 11.7. The van der Waals surface area contributed by atoms with Gasteiger partial charge >= 0.3 is 0 Å². The van der Waals surface area contributed by atoms with Gasteiger partial charge in [-0.1, -0.05) is 37.6 Å². The number of rotatable bonds is 3. The number of nitrogens with two attached hydrogens (primary N) is 1. The fourth-order valence-corrected chi connectivity index (χ4v) is 2.12. The molecule has 0 aliphatic carbocycles. The SMILES string of the molecule is Cc1nc(-c2ccc(Cl)cc2)c(N)n1CC(C)C. The predicted molar refractivity (Wildman–Crippen MR) is 76.7 cm³/mol. The Bertz CT molecular complexity index is 541. The van der Waals surface area contributed by atoms with Crippen molar-refractivity contribution >= 4 is 17.4 Å². The third-order valence-corrected chi connectivity index (χ3v) is 3.12. The topological polar surface area (TPSA) is 43.8 Å². The summed E-state index contributed by atoms with van der Waals surface area (Å²) in [5.74, 6) is 2.22. The molecule has 0 aliphatic heterocycles. The molecule has 0 saturated heterocycles. The molecule has 0 aliphatic rings. The summed E-state index contributed by atoms with van der Waals surface area (Å²) in [5, 5.41) is 0.718. The molecule has 2 aromatic rings. The van der Waals surface area contributed by atoms with E-state index in [1.807, 2.05) is 31.2 Å². The fraction of sp³-hybridized carbons (Fsp3) is 0.357. The molecule has 0 amide bonds. The van der Waals surface area contributed by atoms with Gasteiger partial charge < -0.3 is 10.3 Å². The quantitative estimate of drug-likeness (QED) is 0.917. The second kappa shape index (κ2) is 5.02. The molecule has 0 spiro atoms. The number of aromatic nitrogens is 2. The normalized spacial score (nSPS) is 11.2. The molecule has 1 aromatic carbocycles. The first kappa shape index (κ1) is 13.0. The second-order valence-electron chi connectivity index (χ2n) is 4.90. The van der Waals surface area contributed by atoms with Gasteiger partial charge in [-0.3, -0.25) is 0 Å². The molecule has 2 N–H and O–H groups in total. The maximum Gasteiger partial charge on any atom is 0.131 e. The van der Waals surface area contributed by atoms with Gasteiger partial charge in [0.1, 0.15) is 17.3 Å². The van der Waals surface area contributed by atoms with Crippen LogP contribution in [-0.4, -0.2) is 9.55 Å². The van der Waals surface area contributed by atoms with E-state index < -0.39 is 0 Å². The van der Waals surface area contributed by atoms with Crippen LogP contribution < -0.4 is 5.73 Å². The maximum absolute atomic E-state index is 6.19. The van der Waals surface area contributed by atoms with Crippen LogP contribution in [0.3, 0.4) is 0 Å². The van der Waals surface area contributed by atoms with E-state index in [4.69, 9.17) is 17.3 Å². The number of hydrogen-bond donors (Lipinski definition) is 1. The third-order valence-electron chi connectivity index (χ3n) is 2.86. The maximum atomic E-state index is 6.19. The van der Waals surface area contributed by atoms with Crippen LogP contribution in [0.25, 0.3) is 11.3 Å². The van der Waals surface area contributed by atoms with Crippen LogP contribution in [0.1, 0.15) is 19.7 Å². The fourth-order valence-electron chi connectivity index (χ4n) is 2.00. The van der Waals surface area contributed by atoms with Gasteiger partial charge in [-0.25, -0.2) is 4.98 Å². The highest BCUT2D eigenvalue weighted by Gasteiger charge is 2.14. The summed E-state index contributed by atoms with van der Waals surface area (Å²) in [6.45, 7) is 7.21. The molecular formula is C14H18ClN3. The first-order valence-corrected chi connectivity index (χ1v) is 6.45. The number of nitrogens with zero attached hydrogens (tertiary/aromatic N) is 2. The standard InChI is InChI=1S/C14H18ClN3/c1-9(2)8-18-10(3)17-13(14(18)16)11-4-6-12(15)7-5-11/h4-7,9H,8,16H2,1-3H3. The molecule has 3 nitrogen and oxygen atoms in total. The van der Waals surface area contributed by atoms with E-state index >= 15 is 0 Å². The van der Waals surface area contributed by atoms with E-state index in [0.29, 0.717) is 5.92 Å². The van der Waals surface area contributed by atoms with Gasteiger partial charge in [0.2, 0.25) is 0 Å². The lowest BCUT2D eigenvalue weighted by Crippen LogP contribution is -2.09. The number of imidazole rings is 1. The van der Waals surface area contributed by atoms with Crippen molar-refractivity contribution in [2.24, 2.45) is 5.92 Å². The van der Waals surface area contributed by atoms with Gasteiger partial charge in [0.15, 0.2) is 0 Å². The second-order valence-corrected chi connectivity index (χ2v) is 5.34. The largest absolute Gasteiger partial charge is 0.383 e. The van der Waals surface area contributed by atoms with E-state index in [1.54, 1.807) is 0 Å². The van der Waals surface area contributed by atoms with E-state index in [9.17, 15) is 0 Å². The Hall–Kier alpha value is -1.48. The van der Waals surface area contributed by atoms with Crippen molar-refractivity contribution in [1.82, 2.24) is 9.55 Å². The van der Waals surface area contributed by atoms with Gasteiger partial charge in [-0.15, -0.1) is 0 Å². The molecule has 0 unspecified atom stereocenters. The first-order chi connectivity index (χ1) is 8.49. The molecule has 0 radical (unpaired) electrons. The van der Waals surface area contributed by atoms with Crippen LogP contribution in [-0.2, 0) is 6.54 Å². The lowest BCUT2D eigenvalue weighted by Gasteiger charge is -2.10. The molecule has 4 heteroatoms. The molecule has 1 aromatic heterocycles. The van der Waals surface area contributed by atoms with Crippen molar-refractivity contribution in [2.75, 3.05) is 5.73 Å². The van der Waals surface area contributed by atoms with Crippen molar-refractivity contribution in [3.05, 3.63) is 35.1 Å².